The highest BCUT2D eigenvalue weighted by molar-refractivity contribution is 6.31. The van der Waals surface area contributed by atoms with Gasteiger partial charge >= 0.3 is 12.1 Å². The predicted octanol–water partition coefficient (Wildman–Crippen LogP) is 3.35. The molecule has 0 spiro atoms. The maximum atomic E-state index is 12.5. The van der Waals surface area contributed by atoms with Gasteiger partial charge < -0.3 is 9.84 Å². The van der Waals surface area contributed by atoms with E-state index >= 15 is 0 Å². The van der Waals surface area contributed by atoms with Crippen LogP contribution in [-0.2, 0) is 15.7 Å². The molecule has 1 aromatic carbocycles. The topological polar surface area (TPSA) is 46.5 Å². The minimum Gasteiger partial charge on any atom is -0.466 e. The Kier molecular flexibility index (Phi) is 5.20. The minimum absolute atomic E-state index is 0.131. The summed E-state index contributed by atoms with van der Waals surface area (Å²) in [6, 6.07) is 2.85. The summed E-state index contributed by atoms with van der Waals surface area (Å²) < 4.78 is 42.0. The molecule has 1 unspecified atom stereocenters. The number of alkyl halides is 3. The number of aliphatic hydroxyl groups excluding tert-OH is 1. The second-order valence-corrected chi connectivity index (χ2v) is 4.17. The predicted molar refractivity (Wildman–Crippen MR) is 62.7 cm³/mol. The van der Waals surface area contributed by atoms with Gasteiger partial charge in [0, 0.05) is 0 Å². The molecule has 0 aliphatic rings. The molecule has 19 heavy (non-hydrogen) atoms. The first-order valence-corrected chi connectivity index (χ1v) is 5.83. The summed E-state index contributed by atoms with van der Waals surface area (Å²) in [7, 11) is 0. The quantitative estimate of drug-likeness (QED) is 0.867. The Balaban J connectivity index is 2.86. The average molecular weight is 297 g/mol. The van der Waals surface area contributed by atoms with E-state index in [0.717, 1.165) is 18.2 Å². The van der Waals surface area contributed by atoms with Crippen LogP contribution in [0, 0.1) is 0 Å². The largest absolute Gasteiger partial charge is 0.466 e. The van der Waals surface area contributed by atoms with E-state index in [4.69, 9.17) is 11.6 Å². The smallest absolute Gasteiger partial charge is 0.417 e. The minimum atomic E-state index is -4.55. The Hall–Kier alpha value is -1.27. The molecule has 1 aromatic rings. The van der Waals surface area contributed by atoms with Gasteiger partial charge in [-0.05, 0) is 24.6 Å². The van der Waals surface area contributed by atoms with E-state index < -0.39 is 28.8 Å². The zero-order valence-corrected chi connectivity index (χ0v) is 10.8. The Labute approximate surface area is 112 Å². The third-order valence-corrected chi connectivity index (χ3v) is 2.66. The number of rotatable bonds is 4. The third-order valence-electron chi connectivity index (χ3n) is 2.35. The number of benzene rings is 1. The molecule has 0 aromatic heterocycles. The van der Waals surface area contributed by atoms with Gasteiger partial charge in [0.1, 0.15) is 0 Å². The van der Waals surface area contributed by atoms with E-state index in [9.17, 15) is 23.1 Å². The molecule has 0 aliphatic carbocycles. The van der Waals surface area contributed by atoms with Crippen LogP contribution in [0.3, 0.4) is 0 Å². The molecule has 0 amide bonds. The van der Waals surface area contributed by atoms with E-state index in [-0.39, 0.29) is 18.6 Å². The number of carbonyl (C=O) groups excluding carboxylic acids is 1. The molecule has 106 valence electrons. The van der Waals surface area contributed by atoms with Crippen LogP contribution in [0.1, 0.15) is 30.6 Å². The number of esters is 1. The Bertz CT molecular complexity index is 460. The number of ether oxygens (including phenoxy) is 1. The van der Waals surface area contributed by atoms with E-state index in [1.807, 2.05) is 0 Å². The highest BCUT2D eigenvalue weighted by Crippen LogP contribution is 2.36. The van der Waals surface area contributed by atoms with Crippen LogP contribution >= 0.6 is 11.6 Å². The van der Waals surface area contributed by atoms with Gasteiger partial charge in [0.25, 0.3) is 0 Å². The van der Waals surface area contributed by atoms with Crippen LogP contribution in [0.5, 0.6) is 0 Å². The zero-order chi connectivity index (χ0) is 14.6. The fourth-order valence-corrected chi connectivity index (χ4v) is 1.76. The molecule has 0 saturated heterocycles. The second kappa shape index (κ2) is 6.25. The molecule has 0 aliphatic heterocycles. The molecule has 0 bridgehead atoms. The van der Waals surface area contributed by atoms with Crippen LogP contribution in [-0.4, -0.2) is 17.7 Å². The summed E-state index contributed by atoms with van der Waals surface area (Å²) >= 11 is 5.51. The maximum absolute atomic E-state index is 12.5. The van der Waals surface area contributed by atoms with Crippen molar-refractivity contribution >= 4 is 17.6 Å². The van der Waals surface area contributed by atoms with E-state index in [1.54, 1.807) is 6.92 Å². The summed E-state index contributed by atoms with van der Waals surface area (Å²) in [5, 5.41) is 9.17. The summed E-state index contributed by atoms with van der Waals surface area (Å²) in [5.41, 5.74) is -0.854. The number of halogens is 4. The molecule has 0 heterocycles. The third kappa shape index (κ3) is 4.40. The first-order valence-electron chi connectivity index (χ1n) is 5.46. The lowest BCUT2D eigenvalue weighted by atomic mass is 10.0. The van der Waals surface area contributed by atoms with Crippen molar-refractivity contribution in [2.75, 3.05) is 6.61 Å². The van der Waals surface area contributed by atoms with Gasteiger partial charge in [0.15, 0.2) is 0 Å². The van der Waals surface area contributed by atoms with Gasteiger partial charge in [-0.1, -0.05) is 17.7 Å². The highest BCUT2D eigenvalue weighted by Gasteiger charge is 2.33. The summed E-state index contributed by atoms with van der Waals surface area (Å²) in [6.45, 7) is 1.78. The van der Waals surface area contributed by atoms with Crippen molar-refractivity contribution in [3.05, 3.63) is 34.3 Å². The van der Waals surface area contributed by atoms with Gasteiger partial charge in [0.2, 0.25) is 0 Å². The molecule has 3 nitrogen and oxygen atoms in total. The number of hydrogen-bond donors (Lipinski definition) is 1. The van der Waals surface area contributed by atoms with Crippen molar-refractivity contribution in [1.82, 2.24) is 0 Å². The average Bonchev–Trinajstić information content (AvgIpc) is 2.27. The number of hydrogen-bond acceptors (Lipinski definition) is 3. The molecule has 0 saturated carbocycles. The van der Waals surface area contributed by atoms with Gasteiger partial charge in [0.05, 0.1) is 29.7 Å². The second-order valence-electron chi connectivity index (χ2n) is 3.76. The van der Waals surface area contributed by atoms with Crippen molar-refractivity contribution in [1.29, 1.82) is 0 Å². The van der Waals surface area contributed by atoms with Crippen LogP contribution in [0.2, 0.25) is 5.02 Å². The number of aliphatic hydroxyl groups is 1. The van der Waals surface area contributed by atoms with E-state index in [1.165, 1.54) is 0 Å². The fraction of sp³-hybridized carbons (Fsp3) is 0.417. The van der Waals surface area contributed by atoms with Crippen molar-refractivity contribution in [3.8, 4) is 0 Å². The van der Waals surface area contributed by atoms with Gasteiger partial charge in [-0.2, -0.15) is 13.2 Å². The first kappa shape index (κ1) is 15.8. The molecular weight excluding hydrogens is 285 g/mol. The Morgan fingerprint density at radius 2 is 2.11 bits per heavy atom. The van der Waals surface area contributed by atoms with Crippen LogP contribution in [0.25, 0.3) is 0 Å². The first-order chi connectivity index (χ1) is 8.75. The van der Waals surface area contributed by atoms with Crippen molar-refractivity contribution in [3.63, 3.8) is 0 Å². The monoisotopic (exact) mass is 296 g/mol. The van der Waals surface area contributed by atoms with Crippen molar-refractivity contribution in [2.24, 2.45) is 0 Å². The Morgan fingerprint density at radius 3 is 2.58 bits per heavy atom. The van der Waals surface area contributed by atoms with Gasteiger partial charge in [-0.3, -0.25) is 4.79 Å². The van der Waals surface area contributed by atoms with Crippen LogP contribution in [0.4, 0.5) is 13.2 Å². The zero-order valence-electron chi connectivity index (χ0n) is 10.00. The summed E-state index contributed by atoms with van der Waals surface area (Å²) in [4.78, 5) is 11.1. The molecule has 1 N–H and O–H groups in total. The standard InChI is InChI=1S/C12H12ClF3O3/c1-2-19-11(18)6-10(17)7-3-4-8(9(13)5-7)12(14,15)16/h3-5,10,17H,2,6H2,1H3. The molecule has 0 radical (unpaired) electrons. The number of carbonyl (C=O) groups is 1. The lowest BCUT2D eigenvalue weighted by Crippen LogP contribution is -2.11. The molecule has 0 fully saturated rings. The summed E-state index contributed by atoms with van der Waals surface area (Å²) in [5.74, 6) is -0.633. The van der Waals surface area contributed by atoms with Crippen LogP contribution in [0.15, 0.2) is 18.2 Å². The molecule has 1 atom stereocenters. The highest BCUT2D eigenvalue weighted by atomic mass is 35.5. The lowest BCUT2D eigenvalue weighted by Gasteiger charge is -2.13. The lowest BCUT2D eigenvalue weighted by molar-refractivity contribution is -0.145. The Morgan fingerprint density at radius 1 is 1.47 bits per heavy atom. The summed E-state index contributed by atoms with van der Waals surface area (Å²) in [6.07, 6.45) is -6.14. The van der Waals surface area contributed by atoms with Gasteiger partial charge in [-0.25, -0.2) is 0 Å². The van der Waals surface area contributed by atoms with Crippen LogP contribution < -0.4 is 0 Å². The van der Waals surface area contributed by atoms with E-state index in [0.29, 0.717) is 0 Å². The molecule has 7 heteroatoms. The molecule has 1 rings (SSSR count). The SMILES string of the molecule is CCOC(=O)CC(O)c1ccc(C(F)(F)F)c(Cl)c1. The molecular formula is C12H12ClF3O3. The maximum Gasteiger partial charge on any atom is 0.417 e. The fourth-order valence-electron chi connectivity index (χ4n) is 1.46. The van der Waals surface area contributed by atoms with Crippen molar-refractivity contribution in [2.45, 2.75) is 25.6 Å². The van der Waals surface area contributed by atoms with Gasteiger partial charge in [-0.15, -0.1) is 0 Å². The normalized spacial score (nSPS) is 13.2. The van der Waals surface area contributed by atoms with Crippen molar-refractivity contribution < 1.29 is 27.8 Å². The van der Waals surface area contributed by atoms with E-state index in [2.05, 4.69) is 4.74 Å².